The standard InChI is InChI=1S/C12H12BrN5O2/c13-8-4-7(5-14-6-8)10(19)16-12-18-17-11(20-12)9-2-1-3-15-9/h4-6,9,15H,1-3H2,(H,16,18,19). The molecular weight excluding hydrogens is 326 g/mol. The molecule has 0 radical (unpaired) electrons. The van der Waals surface area contributed by atoms with E-state index >= 15 is 0 Å². The molecule has 8 heteroatoms. The van der Waals surface area contributed by atoms with Crippen LogP contribution in [0.25, 0.3) is 0 Å². The number of pyridine rings is 1. The maximum absolute atomic E-state index is 12.0. The normalized spacial score (nSPS) is 18.1. The lowest BCUT2D eigenvalue weighted by Crippen LogP contribution is -2.13. The molecule has 1 atom stereocenters. The van der Waals surface area contributed by atoms with Crippen LogP contribution in [0, 0.1) is 0 Å². The number of nitrogens with zero attached hydrogens (tertiary/aromatic N) is 3. The summed E-state index contributed by atoms with van der Waals surface area (Å²) in [5, 5.41) is 13.6. The summed E-state index contributed by atoms with van der Waals surface area (Å²) in [5.41, 5.74) is 0.415. The van der Waals surface area contributed by atoms with Crippen molar-refractivity contribution in [2.24, 2.45) is 0 Å². The van der Waals surface area contributed by atoms with E-state index in [4.69, 9.17) is 4.42 Å². The van der Waals surface area contributed by atoms with Crippen molar-refractivity contribution in [2.45, 2.75) is 18.9 Å². The van der Waals surface area contributed by atoms with Crippen molar-refractivity contribution in [3.63, 3.8) is 0 Å². The van der Waals surface area contributed by atoms with E-state index in [0.717, 1.165) is 23.9 Å². The van der Waals surface area contributed by atoms with E-state index in [-0.39, 0.29) is 18.0 Å². The van der Waals surface area contributed by atoms with Gasteiger partial charge in [-0.2, -0.15) is 0 Å². The zero-order chi connectivity index (χ0) is 13.9. The minimum atomic E-state index is -0.339. The second-order valence-corrected chi connectivity index (χ2v) is 5.36. The van der Waals surface area contributed by atoms with Crippen LogP contribution in [0.2, 0.25) is 0 Å². The Morgan fingerprint density at radius 1 is 1.45 bits per heavy atom. The molecule has 0 bridgehead atoms. The maximum atomic E-state index is 12.0. The molecule has 2 N–H and O–H groups in total. The van der Waals surface area contributed by atoms with E-state index in [1.165, 1.54) is 6.20 Å². The predicted molar refractivity (Wildman–Crippen MR) is 74.2 cm³/mol. The van der Waals surface area contributed by atoms with Gasteiger partial charge in [0.1, 0.15) is 0 Å². The fraction of sp³-hybridized carbons (Fsp3) is 0.333. The van der Waals surface area contributed by atoms with Crippen molar-refractivity contribution in [3.8, 4) is 0 Å². The molecule has 1 unspecified atom stereocenters. The second-order valence-electron chi connectivity index (χ2n) is 4.44. The number of aromatic nitrogens is 3. The molecule has 0 saturated carbocycles. The zero-order valence-corrected chi connectivity index (χ0v) is 12.1. The highest BCUT2D eigenvalue weighted by atomic mass is 79.9. The second kappa shape index (κ2) is 5.68. The van der Waals surface area contributed by atoms with Gasteiger partial charge in [-0.1, -0.05) is 5.10 Å². The van der Waals surface area contributed by atoms with Gasteiger partial charge in [-0.25, -0.2) is 0 Å². The first-order chi connectivity index (χ1) is 9.72. The molecule has 1 amide bonds. The monoisotopic (exact) mass is 337 g/mol. The molecule has 2 aromatic heterocycles. The highest BCUT2D eigenvalue weighted by Crippen LogP contribution is 2.23. The summed E-state index contributed by atoms with van der Waals surface area (Å²) in [7, 11) is 0. The SMILES string of the molecule is O=C(Nc1nnc(C2CCCN2)o1)c1cncc(Br)c1. The number of halogens is 1. The van der Waals surface area contributed by atoms with Crippen molar-refractivity contribution in [1.29, 1.82) is 0 Å². The quantitative estimate of drug-likeness (QED) is 0.888. The lowest BCUT2D eigenvalue weighted by Gasteiger charge is -2.03. The van der Waals surface area contributed by atoms with Crippen LogP contribution in [0.4, 0.5) is 6.01 Å². The van der Waals surface area contributed by atoms with Crippen LogP contribution in [0.3, 0.4) is 0 Å². The lowest BCUT2D eigenvalue weighted by atomic mass is 10.2. The number of nitrogens with one attached hydrogen (secondary N) is 2. The summed E-state index contributed by atoms with van der Waals surface area (Å²) < 4.78 is 6.17. The average Bonchev–Trinajstić information content (AvgIpc) is 3.08. The molecule has 20 heavy (non-hydrogen) atoms. The summed E-state index contributed by atoms with van der Waals surface area (Å²) in [5.74, 6) is 0.165. The van der Waals surface area contributed by atoms with Gasteiger partial charge in [-0.3, -0.25) is 15.1 Å². The van der Waals surface area contributed by atoms with E-state index in [1.807, 2.05) is 0 Å². The molecule has 0 aliphatic carbocycles. The first-order valence-electron chi connectivity index (χ1n) is 6.21. The summed E-state index contributed by atoms with van der Waals surface area (Å²) in [4.78, 5) is 15.9. The van der Waals surface area contributed by atoms with E-state index < -0.39 is 0 Å². The predicted octanol–water partition coefficient (Wildman–Crippen LogP) is 1.90. The number of carbonyl (C=O) groups is 1. The van der Waals surface area contributed by atoms with Crippen molar-refractivity contribution in [1.82, 2.24) is 20.5 Å². The van der Waals surface area contributed by atoms with Crippen LogP contribution in [0.5, 0.6) is 0 Å². The number of hydrogen-bond donors (Lipinski definition) is 2. The Morgan fingerprint density at radius 3 is 3.10 bits per heavy atom. The first-order valence-corrected chi connectivity index (χ1v) is 7.00. The fourth-order valence-corrected chi connectivity index (χ4v) is 2.39. The number of anilines is 1. The zero-order valence-electron chi connectivity index (χ0n) is 10.5. The van der Waals surface area contributed by atoms with Gasteiger partial charge in [-0.15, -0.1) is 5.10 Å². The van der Waals surface area contributed by atoms with Crippen molar-refractivity contribution in [2.75, 3.05) is 11.9 Å². The van der Waals surface area contributed by atoms with Gasteiger partial charge in [0.15, 0.2) is 0 Å². The van der Waals surface area contributed by atoms with Crippen LogP contribution in [0.15, 0.2) is 27.3 Å². The maximum Gasteiger partial charge on any atom is 0.322 e. The number of rotatable bonds is 3. The molecule has 3 heterocycles. The molecule has 7 nitrogen and oxygen atoms in total. The van der Waals surface area contributed by atoms with E-state index in [2.05, 4.69) is 41.7 Å². The molecule has 0 spiro atoms. The summed E-state index contributed by atoms with van der Waals surface area (Å²) in [6.07, 6.45) is 5.12. The van der Waals surface area contributed by atoms with Crippen molar-refractivity contribution >= 4 is 27.9 Å². The first kappa shape index (κ1) is 13.2. The molecule has 104 valence electrons. The Hall–Kier alpha value is -1.80. The smallest absolute Gasteiger partial charge is 0.322 e. The summed E-state index contributed by atoms with van der Waals surface area (Å²) in [6.45, 7) is 0.943. The van der Waals surface area contributed by atoms with Crippen molar-refractivity contribution < 1.29 is 9.21 Å². The number of amides is 1. The van der Waals surface area contributed by atoms with Crippen LogP contribution in [0.1, 0.15) is 35.1 Å². The van der Waals surface area contributed by atoms with Gasteiger partial charge in [0, 0.05) is 16.9 Å². The van der Waals surface area contributed by atoms with Crippen LogP contribution >= 0.6 is 15.9 Å². The fourth-order valence-electron chi connectivity index (χ4n) is 2.03. The Balaban J connectivity index is 1.70. The number of carbonyl (C=O) groups excluding carboxylic acids is 1. The lowest BCUT2D eigenvalue weighted by molar-refractivity contribution is 0.102. The highest BCUT2D eigenvalue weighted by molar-refractivity contribution is 9.10. The van der Waals surface area contributed by atoms with Crippen LogP contribution in [-0.4, -0.2) is 27.6 Å². The molecule has 1 saturated heterocycles. The Morgan fingerprint density at radius 2 is 2.35 bits per heavy atom. The Kier molecular flexibility index (Phi) is 3.75. The van der Waals surface area contributed by atoms with E-state index in [0.29, 0.717) is 11.5 Å². The van der Waals surface area contributed by atoms with Gasteiger partial charge >= 0.3 is 6.01 Å². The molecule has 1 aliphatic rings. The van der Waals surface area contributed by atoms with Gasteiger partial charge in [0.05, 0.1) is 11.6 Å². The third kappa shape index (κ3) is 2.86. The van der Waals surface area contributed by atoms with Gasteiger partial charge < -0.3 is 9.73 Å². The van der Waals surface area contributed by atoms with E-state index in [1.54, 1.807) is 12.3 Å². The minimum absolute atomic E-state index is 0.0840. The van der Waals surface area contributed by atoms with Crippen molar-refractivity contribution in [3.05, 3.63) is 34.4 Å². The Labute approximate surface area is 123 Å². The van der Waals surface area contributed by atoms with Gasteiger partial charge in [0.25, 0.3) is 5.91 Å². The number of hydrogen-bond acceptors (Lipinski definition) is 6. The highest BCUT2D eigenvalue weighted by Gasteiger charge is 2.22. The molecule has 1 fully saturated rings. The van der Waals surface area contributed by atoms with E-state index in [9.17, 15) is 4.79 Å². The Bertz CT molecular complexity index is 624. The topological polar surface area (TPSA) is 92.9 Å². The molecular formula is C12H12BrN5O2. The largest absolute Gasteiger partial charge is 0.406 e. The molecule has 3 rings (SSSR count). The van der Waals surface area contributed by atoms with Crippen LogP contribution in [-0.2, 0) is 0 Å². The van der Waals surface area contributed by atoms with Gasteiger partial charge in [-0.05, 0) is 41.4 Å². The third-order valence-electron chi connectivity index (χ3n) is 2.99. The summed E-state index contributed by atoms with van der Waals surface area (Å²) >= 11 is 3.26. The molecule has 2 aromatic rings. The summed E-state index contributed by atoms with van der Waals surface area (Å²) in [6, 6.07) is 1.84. The molecule has 1 aliphatic heterocycles. The minimum Gasteiger partial charge on any atom is -0.406 e. The third-order valence-corrected chi connectivity index (χ3v) is 3.42. The molecule has 0 aromatic carbocycles. The average molecular weight is 338 g/mol. The van der Waals surface area contributed by atoms with Crippen LogP contribution < -0.4 is 10.6 Å². The van der Waals surface area contributed by atoms with Gasteiger partial charge in [0.2, 0.25) is 5.89 Å².